The molecule has 1 N–H and O–H groups in total. The Hall–Kier alpha value is -0.130. The number of pyridine rings is 1. The molecule has 1 aromatic heterocycles. The van der Waals surface area contributed by atoms with Gasteiger partial charge < -0.3 is 5.32 Å². The van der Waals surface area contributed by atoms with Crippen LogP contribution in [0.1, 0.15) is 24.6 Å². The van der Waals surface area contributed by atoms with Crippen LogP contribution in [-0.2, 0) is 0 Å². The molecule has 3 nitrogen and oxygen atoms in total. The Morgan fingerprint density at radius 3 is 2.60 bits per heavy atom. The van der Waals surface area contributed by atoms with Gasteiger partial charge in [-0.3, -0.25) is 9.88 Å². The summed E-state index contributed by atoms with van der Waals surface area (Å²) in [7, 11) is 0. The fraction of sp³-hybridized carbons (Fsp3) is 0.500. The highest BCUT2D eigenvalue weighted by Gasteiger charge is 2.22. The van der Waals surface area contributed by atoms with Crippen molar-refractivity contribution in [2.45, 2.75) is 18.9 Å². The van der Waals surface area contributed by atoms with Crippen molar-refractivity contribution in [1.82, 2.24) is 15.2 Å². The summed E-state index contributed by atoms with van der Waals surface area (Å²) < 4.78 is 1.04. The summed E-state index contributed by atoms with van der Waals surface area (Å²) >= 11 is 3.44. The second-order valence-corrected chi connectivity index (χ2v) is 5.48. The molecule has 1 atom stereocenters. The molecule has 0 spiro atoms. The number of allylic oxidation sites excluding steroid dienone is 1. The standard InChI is InChI=1S/C14H20BrN3.2ClH/c1-2-3-4-14(18-9-7-16-8-10-18)13-6-5-12(15)11-17-13;;/h2,5-6,11,14,16H,1,3-4,7-10H2;2*1H/t14-;;/m1../s1. The van der Waals surface area contributed by atoms with Crippen molar-refractivity contribution in [3.63, 3.8) is 0 Å². The molecule has 1 saturated heterocycles. The minimum atomic E-state index is 0. The third kappa shape index (κ3) is 5.70. The lowest BCUT2D eigenvalue weighted by atomic mass is 10.0. The second-order valence-electron chi connectivity index (χ2n) is 4.57. The fourth-order valence-corrected chi connectivity index (χ4v) is 2.61. The summed E-state index contributed by atoms with van der Waals surface area (Å²) in [5, 5.41) is 3.40. The smallest absolute Gasteiger partial charge is 0.0576 e. The lowest BCUT2D eigenvalue weighted by Gasteiger charge is -2.34. The second kappa shape index (κ2) is 10.6. The maximum absolute atomic E-state index is 4.56. The summed E-state index contributed by atoms with van der Waals surface area (Å²) in [6.45, 7) is 8.16. The molecule has 0 radical (unpaired) electrons. The predicted molar refractivity (Wildman–Crippen MR) is 93.0 cm³/mol. The van der Waals surface area contributed by atoms with Gasteiger partial charge in [0.25, 0.3) is 0 Å². The first-order valence-electron chi connectivity index (χ1n) is 6.48. The van der Waals surface area contributed by atoms with E-state index in [9.17, 15) is 0 Å². The molecule has 2 rings (SSSR count). The zero-order valence-corrected chi connectivity index (χ0v) is 14.6. The van der Waals surface area contributed by atoms with E-state index in [1.54, 1.807) is 0 Å². The number of hydrogen-bond acceptors (Lipinski definition) is 3. The van der Waals surface area contributed by atoms with E-state index in [-0.39, 0.29) is 24.8 Å². The number of hydrogen-bond donors (Lipinski definition) is 1. The van der Waals surface area contributed by atoms with E-state index in [2.05, 4.69) is 49.8 Å². The lowest BCUT2D eigenvalue weighted by Crippen LogP contribution is -2.45. The lowest BCUT2D eigenvalue weighted by molar-refractivity contribution is 0.163. The van der Waals surface area contributed by atoms with Crippen LogP contribution in [0.4, 0.5) is 0 Å². The molecule has 0 amide bonds. The van der Waals surface area contributed by atoms with Crippen LogP contribution in [0.2, 0.25) is 0 Å². The van der Waals surface area contributed by atoms with Gasteiger partial charge in [0.2, 0.25) is 0 Å². The minimum Gasteiger partial charge on any atom is -0.314 e. The largest absolute Gasteiger partial charge is 0.314 e. The molecule has 1 aromatic rings. The molecule has 0 aromatic carbocycles. The maximum Gasteiger partial charge on any atom is 0.0576 e. The zero-order chi connectivity index (χ0) is 12.8. The summed E-state index contributed by atoms with van der Waals surface area (Å²) in [6.07, 6.45) is 6.01. The van der Waals surface area contributed by atoms with E-state index in [0.29, 0.717) is 6.04 Å². The summed E-state index contributed by atoms with van der Waals surface area (Å²) in [5.74, 6) is 0. The van der Waals surface area contributed by atoms with Crippen molar-refractivity contribution in [3.8, 4) is 0 Å². The van der Waals surface area contributed by atoms with Crippen LogP contribution in [0, 0.1) is 0 Å². The van der Waals surface area contributed by atoms with Crippen molar-refractivity contribution < 1.29 is 0 Å². The van der Waals surface area contributed by atoms with Crippen LogP contribution in [-0.4, -0.2) is 36.1 Å². The van der Waals surface area contributed by atoms with Crippen molar-refractivity contribution in [2.24, 2.45) is 0 Å². The fourth-order valence-electron chi connectivity index (χ4n) is 2.37. The first-order valence-corrected chi connectivity index (χ1v) is 7.27. The number of piperazine rings is 1. The molecule has 1 aliphatic heterocycles. The van der Waals surface area contributed by atoms with Gasteiger partial charge in [0, 0.05) is 36.8 Å². The van der Waals surface area contributed by atoms with Crippen LogP contribution in [0.5, 0.6) is 0 Å². The summed E-state index contributed by atoms with van der Waals surface area (Å²) in [6, 6.07) is 4.61. The van der Waals surface area contributed by atoms with Crippen molar-refractivity contribution in [2.75, 3.05) is 26.2 Å². The SMILES string of the molecule is C=CCC[C@H](c1ccc(Br)cn1)N1CCNCC1.Cl.Cl. The Morgan fingerprint density at radius 1 is 1.35 bits per heavy atom. The van der Waals surface area contributed by atoms with Gasteiger partial charge in [-0.2, -0.15) is 0 Å². The highest BCUT2D eigenvalue weighted by molar-refractivity contribution is 9.10. The number of nitrogens with zero attached hydrogens (tertiary/aromatic N) is 2. The van der Waals surface area contributed by atoms with Crippen LogP contribution in [0.3, 0.4) is 0 Å². The Bertz CT molecular complexity index is 381. The molecule has 114 valence electrons. The van der Waals surface area contributed by atoms with Crippen molar-refractivity contribution in [3.05, 3.63) is 41.2 Å². The van der Waals surface area contributed by atoms with E-state index in [1.165, 1.54) is 5.69 Å². The van der Waals surface area contributed by atoms with Gasteiger partial charge >= 0.3 is 0 Å². The minimum absolute atomic E-state index is 0. The summed E-state index contributed by atoms with van der Waals surface area (Å²) in [4.78, 5) is 7.09. The Balaban J connectivity index is 0.00000180. The molecule has 0 bridgehead atoms. The average Bonchev–Trinajstić information content (AvgIpc) is 2.42. The van der Waals surface area contributed by atoms with E-state index in [4.69, 9.17) is 0 Å². The Morgan fingerprint density at radius 2 is 2.05 bits per heavy atom. The van der Waals surface area contributed by atoms with Gasteiger partial charge in [-0.05, 0) is 40.9 Å². The van der Waals surface area contributed by atoms with E-state index >= 15 is 0 Å². The quantitative estimate of drug-likeness (QED) is 0.788. The maximum atomic E-state index is 4.56. The van der Waals surface area contributed by atoms with E-state index in [1.807, 2.05) is 12.3 Å². The predicted octanol–water partition coefficient (Wildman–Crippen LogP) is 3.60. The monoisotopic (exact) mass is 381 g/mol. The van der Waals surface area contributed by atoms with E-state index < -0.39 is 0 Å². The Kier molecular flexibility index (Phi) is 10.5. The van der Waals surface area contributed by atoms with Gasteiger partial charge in [-0.25, -0.2) is 0 Å². The molecular formula is C14H22BrCl2N3. The third-order valence-electron chi connectivity index (χ3n) is 3.33. The molecule has 0 unspecified atom stereocenters. The molecular weight excluding hydrogens is 361 g/mol. The number of rotatable bonds is 5. The first-order chi connectivity index (χ1) is 8.81. The number of halogens is 3. The van der Waals surface area contributed by atoms with Crippen molar-refractivity contribution >= 4 is 40.7 Å². The van der Waals surface area contributed by atoms with Crippen molar-refractivity contribution in [1.29, 1.82) is 0 Å². The molecule has 0 aliphatic carbocycles. The normalized spacial score (nSPS) is 16.6. The zero-order valence-electron chi connectivity index (χ0n) is 11.4. The molecule has 2 heterocycles. The van der Waals surface area contributed by atoms with Gasteiger partial charge in [0.05, 0.1) is 11.7 Å². The van der Waals surface area contributed by atoms with Crippen LogP contribution in [0.15, 0.2) is 35.5 Å². The highest BCUT2D eigenvalue weighted by Crippen LogP contribution is 2.25. The van der Waals surface area contributed by atoms with Gasteiger partial charge in [-0.15, -0.1) is 31.4 Å². The van der Waals surface area contributed by atoms with Gasteiger partial charge in [-0.1, -0.05) is 6.08 Å². The first kappa shape index (κ1) is 19.9. The average molecular weight is 383 g/mol. The van der Waals surface area contributed by atoms with Crippen LogP contribution in [0.25, 0.3) is 0 Å². The van der Waals surface area contributed by atoms with E-state index in [0.717, 1.165) is 43.5 Å². The number of nitrogens with one attached hydrogen (secondary N) is 1. The number of aromatic nitrogens is 1. The summed E-state index contributed by atoms with van der Waals surface area (Å²) in [5.41, 5.74) is 1.17. The topological polar surface area (TPSA) is 28.2 Å². The molecule has 6 heteroatoms. The third-order valence-corrected chi connectivity index (χ3v) is 3.80. The molecule has 1 aliphatic rings. The van der Waals surface area contributed by atoms with Crippen LogP contribution < -0.4 is 5.32 Å². The highest BCUT2D eigenvalue weighted by atomic mass is 79.9. The molecule has 1 fully saturated rings. The van der Waals surface area contributed by atoms with Crippen LogP contribution >= 0.6 is 40.7 Å². The molecule has 20 heavy (non-hydrogen) atoms. The van der Waals surface area contributed by atoms with Gasteiger partial charge in [0.1, 0.15) is 0 Å². The molecule has 0 saturated carbocycles. The van der Waals surface area contributed by atoms with Gasteiger partial charge in [0.15, 0.2) is 0 Å². The Labute approximate surface area is 142 Å².